The molecule has 0 aliphatic carbocycles. The van der Waals surface area contributed by atoms with Crippen molar-refractivity contribution >= 4 is 45.2 Å². The Kier molecular flexibility index (Phi) is 10.00. The lowest BCUT2D eigenvalue weighted by molar-refractivity contribution is -0.384. The fourth-order valence-electron chi connectivity index (χ4n) is 2.86. The molecule has 1 atom stereocenters. The largest absolute Gasteiger partial charge is 0.354 e. The predicted octanol–water partition coefficient (Wildman–Crippen LogP) is 4.53. The SMILES string of the molecule is CCCNC(=O)[C@H](C)N(Cc1cccc(Br)c1)C(=O)CSCc1ccc([N+](=O)[O-])cc1. The highest BCUT2D eigenvalue weighted by molar-refractivity contribution is 9.10. The van der Waals surface area contributed by atoms with Crippen LogP contribution in [0.2, 0.25) is 0 Å². The summed E-state index contributed by atoms with van der Waals surface area (Å²) >= 11 is 4.86. The van der Waals surface area contributed by atoms with Crippen molar-refractivity contribution in [3.63, 3.8) is 0 Å². The van der Waals surface area contributed by atoms with E-state index in [2.05, 4.69) is 21.2 Å². The zero-order valence-corrected chi connectivity index (χ0v) is 19.9. The molecule has 166 valence electrons. The number of benzene rings is 2. The van der Waals surface area contributed by atoms with E-state index in [1.807, 2.05) is 31.2 Å². The molecule has 0 bridgehead atoms. The van der Waals surface area contributed by atoms with Crippen molar-refractivity contribution in [2.75, 3.05) is 12.3 Å². The summed E-state index contributed by atoms with van der Waals surface area (Å²) in [5, 5.41) is 13.6. The van der Waals surface area contributed by atoms with Gasteiger partial charge in [-0.15, -0.1) is 11.8 Å². The van der Waals surface area contributed by atoms with Crippen LogP contribution in [0.5, 0.6) is 0 Å². The second kappa shape index (κ2) is 12.5. The van der Waals surface area contributed by atoms with Crippen LogP contribution in [0, 0.1) is 10.1 Å². The van der Waals surface area contributed by atoms with E-state index in [4.69, 9.17) is 0 Å². The Labute approximate surface area is 194 Å². The summed E-state index contributed by atoms with van der Waals surface area (Å²) < 4.78 is 0.910. The van der Waals surface area contributed by atoms with Gasteiger partial charge in [0.2, 0.25) is 11.8 Å². The van der Waals surface area contributed by atoms with Crippen LogP contribution in [0.1, 0.15) is 31.4 Å². The van der Waals surface area contributed by atoms with Gasteiger partial charge in [-0.1, -0.05) is 47.1 Å². The number of carbonyl (C=O) groups is 2. The molecule has 0 spiro atoms. The van der Waals surface area contributed by atoms with Gasteiger partial charge in [-0.25, -0.2) is 0 Å². The molecule has 0 aliphatic rings. The molecule has 0 aromatic heterocycles. The molecule has 2 amide bonds. The number of nitrogens with zero attached hydrogens (tertiary/aromatic N) is 2. The van der Waals surface area contributed by atoms with E-state index < -0.39 is 11.0 Å². The summed E-state index contributed by atoms with van der Waals surface area (Å²) in [6, 6.07) is 13.4. The van der Waals surface area contributed by atoms with Crippen LogP contribution in [-0.2, 0) is 21.9 Å². The van der Waals surface area contributed by atoms with Crippen molar-refractivity contribution in [1.29, 1.82) is 0 Å². The smallest absolute Gasteiger partial charge is 0.269 e. The molecule has 2 rings (SSSR count). The van der Waals surface area contributed by atoms with E-state index >= 15 is 0 Å². The molecule has 0 aliphatic heterocycles. The van der Waals surface area contributed by atoms with Crippen LogP contribution in [0.25, 0.3) is 0 Å². The molecule has 0 radical (unpaired) electrons. The van der Waals surface area contributed by atoms with Crippen LogP contribution in [-0.4, -0.2) is 40.0 Å². The van der Waals surface area contributed by atoms with Crippen molar-refractivity contribution < 1.29 is 14.5 Å². The minimum atomic E-state index is -0.599. The van der Waals surface area contributed by atoms with Crippen molar-refractivity contribution in [1.82, 2.24) is 10.2 Å². The van der Waals surface area contributed by atoms with Gasteiger partial charge >= 0.3 is 0 Å². The fourth-order valence-corrected chi connectivity index (χ4v) is 4.18. The van der Waals surface area contributed by atoms with Gasteiger partial charge in [0.1, 0.15) is 6.04 Å². The van der Waals surface area contributed by atoms with Crippen molar-refractivity contribution in [3.8, 4) is 0 Å². The third-order valence-corrected chi connectivity index (χ3v) is 6.08. The molecule has 31 heavy (non-hydrogen) atoms. The number of nitrogens with one attached hydrogen (secondary N) is 1. The average molecular weight is 508 g/mol. The van der Waals surface area contributed by atoms with Gasteiger partial charge in [0, 0.05) is 35.4 Å². The van der Waals surface area contributed by atoms with Gasteiger partial charge in [0.05, 0.1) is 10.7 Å². The lowest BCUT2D eigenvalue weighted by Crippen LogP contribution is -2.48. The molecular weight excluding hydrogens is 482 g/mol. The number of carbonyl (C=O) groups excluding carboxylic acids is 2. The quantitative estimate of drug-likeness (QED) is 0.356. The number of nitro benzene ring substituents is 1. The molecule has 1 N–H and O–H groups in total. The first-order valence-corrected chi connectivity index (χ1v) is 11.9. The first-order chi connectivity index (χ1) is 14.8. The highest BCUT2D eigenvalue weighted by Crippen LogP contribution is 2.19. The molecular formula is C22H26BrN3O4S. The lowest BCUT2D eigenvalue weighted by Gasteiger charge is -2.29. The molecule has 0 unspecified atom stereocenters. The minimum absolute atomic E-state index is 0.0388. The summed E-state index contributed by atoms with van der Waals surface area (Å²) in [5.74, 6) is 0.443. The fraction of sp³-hybridized carbons (Fsp3) is 0.364. The molecule has 0 fully saturated rings. The first-order valence-electron chi connectivity index (χ1n) is 9.94. The topological polar surface area (TPSA) is 92.6 Å². The number of amides is 2. The minimum Gasteiger partial charge on any atom is -0.354 e. The molecule has 0 heterocycles. The number of nitro groups is 1. The van der Waals surface area contributed by atoms with Gasteiger partial charge in [0.15, 0.2) is 0 Å². The predicted molar refractivity (Wildman–Crippen MR) is 127 cm³/mol. The maximum atomic E-state index is 13.0. The van der Waals surface area contributed by atoms with Gasteiger partial charge in [-0.3, -0.25) is 19.7 Å². The second-order valence-electron chi connectivity index (χ2n) is 7.03. The van der Waals surface area contributed by atoms with E-state index in [0.717, 1.165) is 22.0 Å². The Hall–Kier alpha value is -2.39. The summed E-state index contributed by atoms with van der Waals surface area (Å²) in [5.41, 5.74) is 1.87. The van der Waals surface area contributed by atoms with Crippen LogP contribution in [0.3, 0.4) is 0 Å². The maximum Gasteiger partial charge on any atom is 0.269 e. The molecule has 2 aromatic carbocycles. The molecule has 7 nitrogen and oxygen atoms in total. The van der Waals surface area contributed by atoms with Crippen LogP contribution in [0.15, 0.2) is 53.0 Å². The van der Waals surface area contributed by atoms with Gasteiger partial charge in [0.25, 0.3) is 5.69 Å². The highest BCUT2D eigenvalue weighted by Gasteiger charge is 2.25. The van der Waals surface area contributed by atoms with Gasteiger partial charge in [-0.2, -0.15) is 0 Å². The second-order valence-corrected chi connectivity index (χ2v) is 8.94. The first kappa shape index (κ1) is 24.9. The third kappa shape index (κ3) is 7.99. The number of rotatable bonds is 11. The number of non-ortho nitro benzene ring substituents is 1. The Balaban J connectivity index is 2.03. The average Bonchev–Trinajstić information content (AvgIpc) is 2.75. The maximum absolute atomic E-state index is 13.0. The molecule has 0 saturated carbocycles. The molecule has 0 saturated heterocycles. The number of hydrogen-bond donors (Lipinski definition) is 1. The number of thioether (sulfide) groups is 1. The zero-order chi connectivity index (χ0) is 22.8. The van der Waals surface area contributed by atoms with Crippen LogP contribution >= 0.6 is 27.7 Å². The normalized spacial score (nSPS) is 11.6. The van der Waals surface area contributed by atoms with E-state index in [-0.39, 0.29) is 23.3 Å². The van der Waals surface area contributed by atoms with Crippen molar-refractivity contribution in [2.24, 2.45) is 0 Å². The van der Waals surface area contributed by atoms with Gasteiger partial charge < -0.3 is 10.2 Å². The highest BCUT2D eigenvalue weighted by atomic mass is 79.9. The Bertz CT molecular complexity index is 908. The summed E-state index contributed by atoms with van der Waals surface area (Å²) in [4.78, 5) is 37.4. The Morgan fingerprint density at radius 1 is 1.19 bits per heavy atom. The summed E-state index contributed by atoms with van der Waals surface area (Å²) in [6.45, 7) is 4.61. The van der Waals surface area contributed by atoms with E-state index in [1.54, 1.807) is 24.0 Å². The number of hydrogen-bond acceptors (Lipinski definition) is 5. The zero-order valence-electron chi connectivity index (χ0n) is 17.5. The lowest BCUT2D eigenvalue weighted by atomic mass is 10.1. The third-order valence-electron chi connectivity index (χ3n) is 4.60. The summed E-state index contributed by atoms with van der Waals surface area (Å²) in [6.07, 6.45) is 0.823. The van der Waals surface area contributed by atoms with Crippen LogP contribution < -0.4 is 5.32 Å². The Morgan fingerprint density at radius 3 is 2.52 bits per heavy atom. The molecule has 2 aromatic rings. The van der Waals surface area contributed by atoms with E-state index in [0.29, 0.717) is 18.8 Å². The van der Waals surface area contributed by atoms with Crippen LogP contribution in [0.4, 0.5) is 5.69 Å². The number of halogens is 1. The molecule has 9 heteroatoms. The summed E-state index contributed by atoms with van der Waals surface area (Å²) in [7, 11) is 0. The standard InChI is InChI=1S/C22H26BrN3O4S/c1-3-11-24-22(28)16(2)25(13-18-5-4-6-19(23)12-18)21(27)15-31-14-17-7-9-20(10-8-17)26(29)30/h4-10,12,16H,3,11,13-15H2,1-2H3,(H,24,28)/t16-/m0/s1. The Morgan fingerprint density at radius 2 is 1.90 bits per heavy atom. The van der Waals surface area contributed by atoms with Gasteiger partial charge in [-0.05, 0) is 36.6 Å². The van der Waals surface area contributed by atoms with E-state index in [9.17, 15) is 19.7 Å². The van der Waals surface area contributed by atoms with Crippen molar-refractivity contribution in [2.45, 2.75) is 38.6 Å². The van der Waals surface area contributed by atoms with Crippen molar-refractivity contribution in [3.05, 3.63) is 74.2 Å². The van der Waals surface area contributed by atoms with E-state index in [1.165, 1.54) is 23.9 Å². The monoisotopic (exact) mass is 507 g/mol.